The molecule has 0 aliphatic carbocycles. The number of nitrogens with one attached hydrogen (secondary N) is 1. The Bertz CT molecular complexity index is 485. The highest BCUT2D eigenvalue weighted by Crippen LogP contribution is 2.29. The first kappa shape index (κ1) is 13.3. The molecule has 0 radical (unpaired) electrons. The van der Waals surface area contributed by atoms with Crippen molar-refractivity contribution in [3.8, 4) is 5.75 Å². The minimum Gasteiger partial charge on any atom is -0.402 e. The van der Waals surface area contributed by atoms with E-state index in [1.165, 1.54) is 22.6 Å². The van der Waals surface area contributed by atoms with Gasteiger partial charge in [0.1, 0.15) is 3.70 Å². The molecule has 0 aliphatic heterocycles. The fourth-order valence-electron chi connectivity index (χ4n) is 0.877. The van der Waals surface area contributed by atoms with Crippen LogP contribution in [0.3, 0.4) is 0 Å². The van der Waals surface area contributed by atoms with Crippen LogP contribution in [-0.4, -0.2) is 16.6 Å². The fourth-order valence-corrected chi connectivity index (χ4v) is 1.68. The topological polar surface area (TPSA) is 59.2 Å². The molecule has 1 aromatic rings. The van der Waals surface area contributed by atoms with Crippen molar-refractivity contribution in [2.45, 2.75) is 6.36 Å². The molecule has 88 valence electrons. The predicted octanol–water partition coefficient (Wildman–Crippen LogP) is 2.26. The minimum absolute atomic E-state index is 0.258. The molecule has 16 heavy (non-hydrogen) atoms. The molecule has 0 atom stereocenters. The van der Waals surface area contributed by atoms with Crippen molar-refractivity contribution in [1.29, 1.82) is 0 Å². The maximum atomic E-state index is 12.0. The van der Waals surface area contributed by atoms with Crippen LogP contribution in [0.4, 0.5) is 13.2 Å². The first-order valence-corrected chi connectivity index (χ1v) is 5.05. The molecular weight excluding hydrogens is 365 g/mol. The van der Waals surface area contributed by atoms with Crippen LogP contribution in [-0.2, 0) is 0 Å². The maximum Gasteiger partial charge on any atom is 0.573 e. The molecule has 0 aliphatic rings. The van der Waals surface area contributed by atoms with E-state index in [9.17, 15) is 22.8 Å². The molecule has 9 heteroatoms. The number of aromatic nitrogens is 1. The van der Waals surface area contributed by atoms with E-state index in [0.29, 0.717) is 6.07 Å². The SMILES string of the molecule is O=C(Cl)c1cc(=O)[nH]c(I)c1OC(F)(F)F. The van der Waals surface area contributed by atoms with Crippen LogP contribution in [0.25, 0.3) is 0 Å². The third kappa shape index (κ3) is 3.37. The Labute approximate surface area is 105 Å². The van der Waals surface area contributed by atoms with Gasteiger partial charge in [0.25, 0.3) is 5.24 Å². The van der Waals surface area contributed by atoms with E-state index in [1.807, 2.05) is 0 Å². The molecule has 1 heterocycles. The third-order valence-electron chi connectivity index (χ3n) is 1.38. The molecular formula is C7H2ClF3INO3. The Morgan fingerprint density at radius 3 is 2.50 bits per heavy atom. The Morgan fingerprint density at radius 2 is 2.06 bits per heavy atom. The fraction of sp³-hybridized carbons (Fsp3) is 0.143. The van der Waals surface area contributed by atoms with Gasteiger partial charge >= 0.3 is 6.36 Å². The second kappa shape index (κ2) is 4.62. The van der Waals surface area contributed by atoms with E-state index in [2.05, 4.69) is 9.72 Å². The summed E-state index contributed by atoms with van der Waals surface area (Å²) in [6, 6.07) is 0.637. The largest absolute Gasteiger partial charge is 0.573 e. The second-order valence-electron chi connectivity index (χ2n) is 2.51. The molecule has 4 nitrogen and oxygen atoms in total. The summed E-state index contributed by atoms with van der Waals surface area (Å²) < 4.78 is 39.3. The number of H-pyrrole nitrogens is 1. The smallest absolute Gasteiger partial charge is 0.402 e. The molecule has 0 spiro atoms. The van der Waals surface area contributed by atoms with Crippen LogP contribution in [0.1, 0.15) is 10.4 Å². The molecule has 0 unspecified atom stereocenters. The van der Waals surface area contributed by atoms with Gasteiger partial charge in [0, 0.05) is 6.07 Å². The average Bonchev–Trinajstić information content (AvgIpc) is 2.07. The van der Waals surface area contributed by atoms with Gasteiger partial charge < -0.3 is 9.72 Å². The Hall–Kier alpha value is -0.770. The number of hydrogen-bond donors (Lipinski definition) is 1. The van der Waals surface area contributed by atoms with E-state index < -0.39 is 28.5 Å². The Morgan fingerprint density at radius 1 is 1.50 bits per heavy atom. The summed E-state index contributed by atoms with van der Waals surface area (Å²) in [6.07, 6.45) is -4.97. The van der Waals surface area contributed by atoms with Gasteiger partial charge in [-0.3, -0.25) is 9.59 Å². The lowest BCUT2D eigenvalue weighted by atomic mass is 10.3. The quantitative estimate of drug-likeness (QED) is 0.496. The third-order valence-corrected chi connectivity index (χ3v) is 2.35. The van der Waals surface area contributed by atoms with Crippen molar-refractivity contribution in [2.24, 2.45) is 0 Å². The molecule has 1 rings (SSSR count). The number of alkyl halides is 3. The van der Waals surface area contributed by atoms with E-state index in [-0.39, 0.29) is 3.70 Å². The number of ether oxygens (including phenoxy) is 1. The van der Waals surface area contributed by atoms with Gasteiger partial charge in [-0.1, -0.05) is 0 Å². The Kier molecular flexibility index (Phi) is 3.84. The van der Waals surface area contributed by atoms with Crippen LogP contribution in [0.2, 0.25) is 0 Å². The highest BCUT2D eigenvalue weighted by atomic mass is 127. The van der Waals surface area contributed by atoms with Gasteiger partial charge in [0.15, 0.2) is 5.75 Å². The zero-order valence-corrected chi connectivity index (χ0v) is 10.1. The van der Waals surface area contributed by atoms with Gasteiger partial charge in [-0.15, -0.1) is 13.2 Å². The number of pyridine rings is 1. The van der Waals surface area contributed by atoms with Crippen LogP contribution in [0, 0.1) is 3.70 Å². The summed E-state index contributed by atoms with van der Waals surface area (Å²) in [5, 5.41) is -1.21. The van der Waals surface area contributed by atoms with Gasteiger partial charge in [0.05, 0.1) is 5.56 Å². The number of hydrogen-bond acceptors (Lipinski definition) is 3. The molecule has 0 saturated heterocycles. The predicted molar refractivity (Wildman–Crippen MR) is 56.6 cm³/mol. The molecule has 1 N–H and O–H groups in total. The minimum atomic E-state index is -4.97. The lowest BCUT2D eigenvalue weighted by Crippen LogP contribution is -2.22. The first-order chi connectivity index (χ1) is 7.20. The number of aromatic amines is 1. The van der Waals surface area contributed by atoms with Gasteiger partial charge in [-0.2, -0.15) is 0 Å². The van der Waals surface area contributed by atoms with Crippen molar-refractivity contribution in [3.63, 3.8) is 0 Å². The Balaban J connectivity index is 3.36. The maximum absolute atomic E-state index is 12.0. The van der Waals surface area contributed by atoms with Crippen molar-refractivity contribution in [1.82, 2.24) is 4.98 Å². The number of halogens is 5. The molecule has 1 aromatic heterocycles. The number of rotatable bonds is 2. The lowest BCUT2D eigenvalue weighted by molar-refractivity contribution is -0.275. The molecule has 0 amide bonds. The highest BCUT2D eigenvalue weighted by Gasteiger charge is 2.34. The van der Waals surface area contributed by atoms with E-state index in [4.69, 9.17) is 11.6 Å². The number of carbonyl (C=O) groups is 1. The van der Waals surface area contributed by atoms with Crippen molar-refractivity contribution < 1.29 is 22.7 Å². The molecule has 0 saturated carbocycles. The molecule has 0 aromatic carbocycles. The van der Waals surface area contributed by atoms with E-state index in [0.717, 1.165) is 0 Å². The highest BCUT2D eigenvalue weighted by molar-refractivity contribution is 14.1. The summed E-state index contributed by atoms with van der Waals surface area (Å²) in [6.45, 7) is 0. The van der Waals surface area contributed by atoms with Crippen LogP contribution < -0.4 is 10.3 Å². The van der Waals surface area contributed by atoms with Gasteiger partial charge in [-0.05, 0) is 34.2 Å². The van der Waals surface area contributed by atoms with Gasteiger partial charge in [-0.25, -0.2) is 0 Å². The average molecular weight is 367 g/mol. The second-order valence-corrected chi connectivity index (χ2v) is 3.93. The van der Waals surface area contributed by atoms with Crippen LogP contribution >= 0.6 is 34.2 Å². The summed E-state index contributed by atoms with van der Waals surface area (Å²) in [7, 11) is 0. The monoisotopic (exact) mass is 367 g/mol. The van der Waals surface area contributed by atoms with Gasteiger partial charge in [0.2, 0.25) is 5.56 Å². The zero-order chi connectivity index (χ0) is 12.5. The molecule has 0 fully saturated rings. The van der Waals surface area contributed by atoms with Crippen molar-refractivity contribution in [2.75, 3.05) is 0 Å². The normalized spacial score (nSPS) is 11.3. The summed E-state index contributed by atoms with van der Waals surface area (Å²) in [5.74, 6) is -0.812. The first-order valence-electron chi connectivity index (χ1n) is 3.59. The molecule has 0 bridgehead atoms. The number of carbonyl (C=O) groups excluding carboxylic acids is 1. The van der Waals surface area contributed by atoms with Crippen LogP contribution in [0.15, 0.2) is 10.9 Å². The zero-order valence-electron chi connectivity index (χ0n) is 7.19. The standard InChI is InChI=1S/C7H2ClF3INO3/c8-5(15)2-1-3(14)13-6(12)4(2)16-7(9,10)11/h1H,(H,13,14). The van der Waals surface area contributed by atoms with Crippen molar-refractivity contribution in [3.05, 3.63) is 25.7 Å². The van der Waals surface area contributed by atoms with Crippen LogP contribution in [0.5, 0.6) is 5.75 Å². The summed E-state index contributed by atoms with van der Waals surface area (Å²) in [5.41, 5.74) is -1.38. The summed E-state index contributed by atoms with van der Waals surface area (Å²) in [4.78, 5) is 23.8. The van der Waals surface area contributed by atoms with E-state index in [1.54, 1.807) is 0 Å². The summed E-state index contributed by atoms with van der Waals surface area (Å²) >= 11 is 6.43. The van der Waals surface area contributed by atoms with Crippen molar-refractivity contribution >= 4 is 39.4 Å². The lowest BCUT2D eigenvalue weighted by Gasteiger charge is -2.12. The van der Waals surface area contributed by atoms with E-state index >= 15 is 0 Å².